The molecule has 0 fully saturated rings. The topological polar surface area (TPSA) is 92.3 Å². The highest BCUT2D eigenvalue weighted by Crippen LogP contribution is 2.18. The number of hydrogen-bond acceptors (Lipinski definition) is 5. The number of nitrogens with zero attached hydrogens (tertiary/aromatic N) is 2. The summed E-state index contributed by atoms with van der Waals surface area (Å²) in [6.07, 6.45) is 0. The molecule has 0 aromatic carbocycles. The van der Waals surface area contributed by atoms with Gasteiger partial charge in [-0.3, -0.25) is 0 Å². The number of anilines is 1. The molecule has 11 heavy (non-hydrogen) atoms. The maximum absolute atomic E-state index is 9.18. The average molecular weight is 155 g/mol. The van der Waals surface area contributed by atoms with Gasteiger partial charge < -0.3 is 15.9 Å². The van der Waals surface area contributed by atoms with Gasteiger partial charge in [0.1, 0.15) is 5.69 Å². The number of aliphatic hydroxyl groups is 1. The third kappa shape index (κ3) is 1.38. The minimum absolute atomic E-state index is 0.0596. The van der Waals surface area contributed by atoms with Gasteiger partial charge in [-0.1, -0.05) is 0 Å². The van der Waals surface area contributed by atoms with Crippen molar-refractivity contribution in [2.45, 2.75) is 13.5 Å². The van der Waals surface area contributed by atoms with Gasteiger partial charge in [-0.15, -0.1) is 0 Å². The molecule has 0 aliphatic heterocycles. The Morgan fingerprint density at radius 3 is 2.64 bits per heavy atom. The van der Waals surface area contributed by atoms with E-state index in [1.165, 1.54) is 0 Å². The molecule has 0 unspecified atom stereocenters. The Labute approximate surface area is 63.5 Å². The van der Waals surface area contributed by atoms with E-state index < -0.39 is 0 Å². The zero-order chi connectivity index (χ0) is 8.43. The molecule has 0 atom stereocenters. The van der Waals surface area contributed by atoms with Gasteiger partial charge in [-0.2, -0.15) is 0 Å². The van der Waals surface area contributed by atoms with E-state index in [9.17, 15) is 5.11 Å². The van der Waals surface area contributed by atoms with Gasteiger partial charge in [0.05, 0.1) is 12.3 Å². The molecule has 60 valence electrons. The monoisotopic (exact) mass is 155 g/mol. The van der Waals surface area contributed by atoms with Crippen molar-refractivity contribution in [3.05, 3.63) is 11.4 Å². The first-order chi connectivity index (χ1) is 5.15. The summed E-state index contributed by atoms with van der Waals surface area (Å²) in [6, 6.07) is 0. The molecule has 0 spiro atoms. The molecule has 5 heteroatoms. The maximum Gasteiger partial charge on any atom is 0.220 e. The molecule has 0 bridgehead atoms. The first kappa shape index (κ1) is 7.74. The molecule has 5 nitrogen and oxygen atoms in total. The molecule has 1 aromatic rings. The maximum atomic E-state index is 9.18. The summed E-state index contributed by atoms with van der Waals surface area (Å²) in [5.74, 6) is -0.0361. The number of aromatic hydroxyl groups is 1. The van der Waals surface area contributed by atoms with Gasteiger partial charge in [0, 0.05) is 0 Å². The van der Waals surface area contributed by atoms with Gasteiger partial charge in [0.25, 0.3) is 0 Å². The first-order valence-corrected chi connectivity index (χ1v) is 3.08. The molecule has 0 aliphatic rings. The van der Waals surface area contributed by atoms with Crippen LogP contribution in [0, 0.1) is 6.92 Å². The van der Waals surface area contributed by atoms with Crippen LogP contribution in [0.2, 0.25) is 0 Å². The summed E-state index contributed by atoms with van der Waals surface area (Å²) in [6.45, 7) is 1.26. The number of rotatable bonds is 1. The van der Waals surface area contributed by atoms with E-state index in [1.807, 2.05) is 0 Å². The highest BCUT2D eigenvalue weighted by atomic mass is 16.3. The molecular weight excluding hydrogens is 146 g/mol. The summed E-state index contributed by atoms with van der Waals surface area (Å²) in [7, 11) is 0. The van der Waals surface area contributed by atoms with Crippen LogP contribution >= 0.6 is 0 Å². The molecule has 0 aliphatic carbocycles. The Morgan fingerprint density at radius 2 is 2.09 bits per heavy atom. The molecule has 1 heterocycles. The molecule has 4 N–H and O–H groups in total. The van der Waals surface area contributed by atoms with Crippen LogP contribution in [0.15, 0.2) is 0 Å². The lowest BCUT2D eigenvalue weighted by atomic mass is 10.3. The Hall–Kier alpha value is -1.36. The fraction of sp³-hybridized carbons (Fsp3) is 0.333. The number of hydrogen-bond donors (Lipinski definition) is 3. The number of aromatic nitrogens is 2. The molecule has 1 rings (SSSR count). The lowest BCUT2D eigenvalue weighted by Gasteiger charge is -2.02. The number of aliphatic hydroxyl groups excluding tert-OH is 1. The van der Waals surface area contributed by atoms with E-state index in [0.717, 1.165) is 0 Å². The van der Waals surface area contributed by atoms with Gasteiger partial charge >= 0.3 is 0 Å². The Bertz CT molecular complexity index is 275. The van der Waals surface area contributed by atoms with Crippen LogP contribution in [-0.2, 0) is 6.61 Å². The molecule has 0 radical (unpaired) electrons. The highest BCUT2D eigenvalue weighted by molar-refractivity contribution is 5.34. The van der Waals surface area contributed by atoms with E-state index in [1.54, 1.807) is 6.92 Å². The van der Waals surface area contributed by atoms with Gasteiger partial charge in [0.2, 0.25) is 5.95 Å². The molecule has 1 aromatic heterocycles. The second-order valence-electron chi connectivity index (χ2n) is 2.12. The van der Waals surface area contributed by atoms with E-state index in [4.69, 9.17) is 10.8 Å². The van der Waals surface area contributed by atoms with Gasteiger partial charge in [-0.05, 0) is 6.92 Å². The molecular formula is C6H9N3O2. The standard InChI is InChI=1S/C6H9N3O2/c1-3-5(11)4(2-10)9-6(7)8-3/h10-11H,2H2,1H3,(H2,7,8,9). The summed E-state index contributed by atoms with van der Waals surface area (Å²) in [5.41, 5.74) is 5.80. The smallest absolute Gasteiger partial charge is 0.220 e. The van der Waals surface area contributed by atoms with Crippen LogP contribution in [0.4, 0.5) is 5.95 Å². The average Bonchev–Trinajstić information content (AvgIpc) is 1.96. The predicted octanol–water partition coefficient (Wildman–Crippen LogP) is -0.435. The predicted molar refractivity (Wildman–Crippen MR) is 38.8 cm³/mol. The molecule has 0 saturated carbocycles. The Morgan fingerprint density at radius 1 is 1.45 bits per heavy atom. The van der Waals surface area contributed by atoms with Gasteiger partial charge in [-0.25, -0.2) is 9.97 Å². The number of aryl methyl sites for hydroxylation is 1. The van der Waals surface area contributed by atoms with E-state index in [0.29, 0.717) is 5.69 Å². The van der Waals surface area contributed by atoms with Crippen molar-refractivity contribution >= 4 is 5.95 Å². The second-order valence-corrected chi connectivity index (χ2v) is 2.12. The van der Waals surface area contributed by atoms with Crippen LogP contribution in [0.5, 0.6) is 5.75 Å². The Balaban J connectivity index is 3.24. The number of nitrogen functional groups attached to an aromatic ring is 1. The minimum atomic E-state index is -0.334. The SMILES string of the molecule is Cc1nc(N)nc(CO)c1O. The Kier molecular flexibility index (Phi) is 1.91. The van der Waals surface area contributed by atoms with Crippen LogP contribution in [-0.4, -0.2) is 20.2 Å². The fourth-order valence-electron chi connectivity index (χ4n) is 0.760. The molecule has 0 saturated heterocycles. The highest BCUT2D eigenvalue weighted by Gasteiger charge is 2.06. The van der Waals surface area contributed by atoms with E-state index in [-0.39, 0.29) is 24.0 Å². The largest absolute Gasteiger partial charge is 0.504 e. The van der Waals surface area contributed by atoms with Crippen LogP contribution in [0.25, 0.3) is 0 Å². The minimum Gasteiger partial charge on any atom is -0.504 e. The van der Waals surface area contributed by atoms with Gasteiger partial charge in [0.15, 0.2) is 5.75 Å². The van der Waals surface area contributed by atoms with Crippen molar-refractivity contribution in [2.75, 3.05) is 5.73 Å². The van der Waals surface area contributed by atoms with Crippen LogP contribution < -0.4 is 5.73 Å². The van der Waals surface area contributed by atoms with Crippen molar-refractivity contribution in [3.63, 3.8) is 0 Å². The summed E-state index contributed by atoms with van der Waals surface area (Å²) in [5, 5.41) is 17.8. The van der Waals surface area contributed by atoms with Crippen LogP contribution in [0.3, 0.4) is 0 Å². The fourth-order valence-corrected chi connectivity index (χ4v) is 0.760. The second kappa shape index (κ2) is 2.71. The van der Waals surface area contributed by atoms with Crippen molar-refractivity contribution in [3.8, 4) is 5.75 Å². The summed E-state index contributed by atoms with van der Waals surface area (Å²) in [4.78, 5) is 7.31. The van der Waals surface area contributed by atoms with E-state index >= 15 is 0 Å². The van der Waals surface area contributed by atoms with Crippen LogP contribution in [0.1, 0.15) is 11.4 Å². The quantitative estimate of drug-likeness (QED) is 0.511. The lowest BCUT2D eigenvalue weighted by molar-refractivity contribution is 0.269. The van der Waals surface area contributed by atoms with Crippen molar-refractivity contribution in [1.82, 2.24) is 9.97 Å². The third-order valence-electron chi connectivity index (χ3n) is 1.30. The molecule has 0 amide bonds. The summed E-state index contributed by atoms with van der Waals surface area (Å²) < 4.78 is 0. The van der Waals surface area contributed by atoms with Crippen molar-refractivity contribution in [1.29, 1.82) is 0 Å². The van der Waals surface area contributed by atoms with Crippen molar-refractivity contribution in [2.24, 2.45) is 0 Å². The zero-order valence-electron chi connectivity index (χ0n) is 6.07. The number of nitrogens with two attached hydrogens (primary N) is 1. The third-order valence-corrected chi connectivity index (χ3v) is 1.30. The summed E-state index contributed by atoms with van der Waals surface area (Å²) >= 11 is 0. The first-order valence-electron chi connectivity index (χ1n) is 3.08. The van der Waals surface area contributed by atoms with Crippen molar-refractivity contribution < 1.29 is 10.2 Å². The van der Waals surface area contributed by atoms with E-state index in [2.05, 4.69) is 9.97 Å². The normalized spacial score (nSPS) is 10.0. The lowest BCUT2D eigenvalue weighted by Crippen LogP contribution is -2.01. The zero-order valence-corrected chi connectivity index (χ0v) is 6.07.